The highest BCUT2D eigenvalue weighted by Gasteiger charge is 2.41. The molecule has 120 valence electrons. The van der Waals surface area contributed by atoms with Crippen molar-refractivity contribution in [3.8, 4) is 11.5 Å². The van der Waals surface area contributed by atoms with E-state index < -0.39 is 16.2 Å². The largest absolute Gasteiger partial charge is 0.508 e. The van der Waals surface area contributed by atoms with Gasteiger partial charge in [0.25, 0.3) is 0 Å². The third-order valence-corrected chi connectivity index (χ3v) is 5.54. The zero-order valence-corrected chi connectivity index (χ0v) is 14.0. The lowest BCUT2D eigenvalue weighted by Gasteiger charge is -2.24. The molecule has 1 aliphatic heterocycles. The van der Waals surface area contributed by atoms with Crippen LogP contribution >= 0.6 is 11.6 Å². The number of carbonyl (C=O) groups excluding carboxylic acids is 1. The first kappa shape index (κ1) is 15.8. The quantitative estimate of drug-likeness (QED) is 0.902. The minimum atomic E-state index is -1.56. The molecule has 0 radical (unpaired) electrons. The summed E-state index contributed by atoms with van der Waals surface area (Å²) in [6.45, 7) is 1.39. The van der Waals surface area contributed by atoms with Gasteiger partial charge in [-0.15, -0.1) is 0 Å². The van der Waals surface area contributed by atoms with E-state index in [1.165, 1.54) is 25.0 Å². The van der Waals surface area contributed by atoms with Gasteiger partial charge in [0.1, 0.15) is 16.9 Å². The van der Waals surface area contributed by atoms with Crippen LogP contribution in [0.4, 0.5) is 5.69 Å². The Morgan fingerprint density at radius 2 is 2.04 bits per heavy atom. The van der Waals surface area contributed by atoms with Gasteiger partial charge < -0.3 is 9.84 Å². The summed E-state index contributed by atoms with van der Waals surface area (Å²) in [7, 11) is -0.0639. The van der Waals surface area contributed by atoms with Crippen LogP contribution in [0.2, 0.25) is 5.02 Å². The zero-order valence-electron chi connectivity index (χ0n) is 12.4. The lowest BCUT2D eigenvalue weighted by atomic mass is 10.1. The first-order chi connectivity index (χ1) is 10.9. The standard InChI is InChI=1S/C16H14ClNO4S/c1-9(19)18-13-5-3-10(17)7-15(13)23(21)16(18)12-8-11(22-2)4-6-14(12)20/h3-8,16,20H,1-2H3. The third kappa shape index (κ3) is 2.58. The van der Waals surface area contributed by atoms with Crippen molar-refractivity contribution in [2.45, 2.75) is 17.2 Å². The minimum Gasteiger partial charge on any atom is -0.508 e. The van der Waals surface area contributed by atoms with Crippen molar-refractivity contribution in [3.05, 3.63) is 47.0 Å². The van der Waals surface area contributed by atoms with Gasteiger partial charge in [0, 0.05) is 17.5 Å². The highest BCUT2D eigenvalue weighted by Crippen LogP contribution is 2.47. The minimum absolute atomic E-state index is 0.0469. The molecule has 2 aromatic carbocycles. The second kappa shape index (κ2) is 5.86. The summed E-state index contributed by atoms with van der Waals surface area (Å²) in [6.07, 6.45) is 0. The van der Waals surface area contributed by atoms with Crippen molar-refractivity contribution in [2.24, 2.45) is 0 Å². The summed E-state index contributed by atoms with van der Waals surface area (Å²) >= 11 is 5.98. The second-order valence-electron chi connectivity index (χ2n) is 5.08. The predicted molar refractivity (Wildman–Crippen MR) is 88.4 cm³/mol. The topological polar surface area (TPSA) is 66.8 Å². The summed E-state index contributed by atoms with van der Waals surface area (Å²) in [5, 5.41) is 9.81. The number of methoxy groups -OCH3 is 1. The molecule has 1 N–H and O–H groups in total. The number of carbonyl (C=O) groups is 1. The van der Waals surface area contributed by atoms with E-state index in [-0.39, 0.29) is 11.7 Å². The maximum Gasteiger partial charge on any atom is 0.225 e. The van der Waals surface area contributed by atoms with E-state index in [2.05, 4.69) is 0 Å². The number of rotatable bonds is 2. The lowest BCUT2D eigenvalue weighted by Crippen LogP contribution is -2.30. The molecule has 0 aliphatic carbocycles. The van der Waals surface area contributed by atoms with E-state index in [1.807, 2.05) is 0 Å². The molecule has 0 spiro atoms. The zero-order chi connectivity index (χ0) is 16.7. The summed E-state index contributed by atoms with van der Waals surface area (Å²) in [4.78, 5) is 14.0. The monoisotopic (exact) mass is 351 g/mol. The average molecular weight is 352 g/mol. The molecule has 0 fully saturated rings. The van der Waals surface area contributed by atoms with E-state index in [9.17, 15) is 14.1 Å². The molecule has 0 saturated carbocycles. The first-order valence-corrected chi connectivity index (χ1v) is 8.40. The number of ether oxygens (including phenoxy) is 1. The Morgan fingerprint density at radius 3 is 2.70 bits per heavy atom. The maximum absolute atomic E-state index is 12.9. The van der Waals surface area contributed by atoms with Gasteiger partial charge in [0.2, 0.25) is 5.91 Å². The highest BCUT2D eigenvalue weighted by atomic mass is 35.5. The van der Waals surface area contributed by atoms with Gasteiger partial charge in [-0.1, -0.05) is 11.6 Å². The molecular weight excluding hydrogens is 338 g/mol. The maximum atomic E-state index is 12.9. The number of nitrogens with zero attached hydrogens (tertiary/aromatic N) is 1. The van der Waals surface area contributed by atoms with Crippen molar-refractivity contribution in [2.75, 3.05) is 12.0 Å². The SMILES string of the molecule is COc1ccc(O)c(C2N(C(C)=O)c3ccc(Cl)cc3S2=O)c1. The fourth-order valence-corrected chi connectivity index (χ4v) is 4.60. The summed E-state index contributed by atoms with van der Waals surface area (Å²) in [6, 6.07) is 9.52. The number of phenolic OH excluding ortho intramolecular Hbond substituents is 1. The van der Waals surface area contributed by atoms with Crippen LogP contribution in [-0.2, 0) is 15.6 Å². The second-order valence-corrected chi connectivity index (χ2v) is 6.99. The summed E-state index contributed by atoms with van der Waals surface area (Å²) in [5.74, 6) is 0.188. The van der Waals surface area contributed by atoms with E-state index in [0.29, 0.717) is 26.9 Å². The van der Waals surface area contributed by atoms with Crippen molar-refractivity contribution in [3.63, 3.8) is 0 Å². The van der Waals surface area contributed by atoms with Crippen LogP contribution in [0.25, 0.3) is 0 Å². The lowest BCUT2D eigenvalue weighted by molar-refractivity contribution is -0.116. The molecule has 2 atom stereocenters. The van der Waals surface area contributed by atoms with Gasteiger partial charge in [-0.25, -0.2) is 0 Å². The van der Waals surface area contributed by atoms with Crippen LogP contribution < -0.4 is 9.64 Å². The molecule has 1 heterocycles. The van der Waals surface area contributed by atoms with Crippen molar-refractivity contribution in [1.29, 1.82) is 0 Å². The van der Waals surface area contributed by atoms with Gasteiger partial charge in [-0.05, 0) is 36.4 Å². The van der Waals surface area contributed by atoms with Gasteiger partial charge in [0.05, 0.1) is 28.5 Å². The van der Waals surface area contributed by atoms with Crippen LogP contribution in [0.5, 0.6) is 11.5 Å². The average Bonchev–Trinajstić information content (AvgIpc) is 2.81. The Kier molecular flexibility index (Phi) is 4.04. The molecule has 1 aliphatic rings. The van der Waals surface area contributed by atoms with Crippen molar-refractivity contribution < 1.29 is 18.8 Å². The van der Waals surface area contributed by atoms with Gasteiger partial charge in [-0.3, -0.25) is 13.9 Å². The van der Waals surface area contributed by atoms with Gasteiger partial charge in [0.15, 0.2) is 0 Å². The number of fused-ring (bicyclic) bond motifs is 1. The number of benzene rings is 2. The molecule has 2 unspecified atom stereocenters. The fourth-order valence-electron chi connectivity index (χ4n) is 2.64. The van der Waals surface area contributed by atoms with Crippen LogP contribution in [0.15, 0.2) is 41.3 Å². The van der Waals surface area contributed by atoms with Crippen LogP contribution in [0, 0.1) is 0 Å². The number of aromatic hydroxyl groups is 1. The van der Waals surface area contributed by atoms with E-state index in [1.54, 1.807) is 30.3 Å². The smallest absolute Gasteiger partial charge is 0.225 e. The normalized spacial score (nSPS) is 19.5. The van der Waals surface area contributed by atoms with Crippen LogP contribution in [0.1, 0.15) is 17.9 Å². The number of halogens is 1. The van der Waals surface area contributed by atoms with Gasteiger partial charge >= 0.3 is 0 Å². The first-order valence-electron chi connectivity index (χ1n) is 6.81. The molecule has 5 nitrogen and oxygen atoms in total. The molecule has 2 aromatic rings. The molecule has 0 aromatic heterocycles. The molecule has 1 amide bonds. The van der Waals surface area contributed by atoms with E-state index in [4.69, 9.17) is 16.3 Å². The fraction of sp³-hybridized carbons (Fsp3) is 0.188. The number of anilines is 1. The third-order valence-electron chi connectivity index (χ3n) is 3.68. The Bertz CT molecular complexity index is 824. The summed E-state index contributed by atoms with van der Waals surface area (Å²) in [5.41, 5.74) is 0.901. The summed E-state index contributed by atoms with van der Waals surface area (Å²) < 4.78 is 18.1. The molecular formula is C16H14ClNO4S. The molecule has 0 saturated heterocycles. The molecule has 7 heteroatoms. The molecule has 3 rings (SSSR count). The van der Waals surface area contributed by atoms with Crippen molar-refractivity contribution in [1.82, 2.24) is 0 Å². The highest BCUT2D eigenvalue weighted by molar-refractivity contribution is 7.86. The number of hydrogen-bond acceptors (Lipinski definition) is 4. The Morgan fingerprint density at radius 1 is 1.30 bits per heavy atom. The van der Waals surface area contributed by atoms with E-state index >= 15 is 0 Å². The number of amides is 1. The Hall–Kier alpha value is -2.05. The van der Waals surface area contributed by atoms with Gasteiger partial charge in [-0.2, -0.15) is 0 Å². The number of hydrogen-bond donors (Lipinski definition) is 1. The van der Waals surface area contributed by atoms with E-state index in [0.717, 1.165) is 0 Å². The van der Waals surface area contributed by atoms with Crippen molar-refractivity contribution >= 4 is 34.0 Å². The number of phenols is 1. The Balaban J connectivity index is 2.20. The molecule has 23 heavy (non-hydrogen) atoms. The van der Waals surface area contributed by atoms with Crippen LogP contribution in [0.3, 0.4) is 0 Å². The van der Waals surface area contributed by atoms with Crippen LogP contribution in [-0.4, -0.2) is 22.3 Å². The predicted octanol–water partition coefficient (Wildman–Crippen LogP) is 3.23. The molecule has 0 bridgehead atoms. The Labute approximate surface area is 140 Å².